The van der Waals surface area contributed by atoms with Gasteiger partial charge >= 0.3 is 0 Å². The fourth-order valence-electron chi connectivity index (χ4n) is 2.75. The Hall–Kier alpha value is -1.67. The topological polar surface area (TPSA) is 112 Å². The number of anilines is 3. The molecule has 1 aromatic rings. The van der Waals surface area contributed by atoms with E-state index in [2.05, 4.69) is 39.5 Å². The van der Waals surface area contributed by atoms with Gasteiger partial charge in [0.1, 0.15) is 0 Å². The van der Waals surface area contributed by atoms with Gasteiger partial charge in [0, 0.05) is 31.7 Å². The summed E-state index contributed by atoms with van der Waals surface area (Å²) >= 11 is 0. The predicted octanol–water partition coefficient (Wildman–Crippen LogP) is 0.576. The van der Waals surface area contributed by atoms with E-state index in [1.807, 2.05) is 4.90 Å². The lowest BCUT2D eigenvalue weighted by molar-refractivity contribution is 0.222. The molecule has 0 aliphatic heterocycles. The number of hydrogen-bond donors (Lipinski definition) is 4. The molecule has 2 rings (SSSR count). The largest absolute Gasteiger partial charge is 0.396 e. The minimum atomic E-state index is 0.188. The van der Waals surface area contributed by atoms with Gasteiger partial charge in [0.2, 0.25) is 17.8 Å². The van der Waals surface area contributed by atoms with Crippen molar-refractivity contribution in [3.05, 3.63) is 0 Å². The highest BCUT2D eigenvalue weighted by molar-refractivity contribution is 5.43. The van der Waals surface area contributed by atoms with E-state index in [1.54, 1.807) is 0 Å². The van der Waals surface area contributed by atoms with E-state index in [9.17, 15) is 5.11 Å². The molecule has 8 heteroatoms. The zero-order valence-electron chi connectivity index (χ0n) is 12.7. The Balaban J connectivity index is 2.20. The highest BCUT2D eigenvalue weighted by atomic mass is 16.3. The molecule has 5 N–H and O–H groups in total. The van der Waals surface area contributed by atoms with E-state index >= 15 is 0 Å². The Morgan fingerprint density at radius 3 is 2.52 bits per heavy atom. The van der Waals surface area contributed by atoms with Crippen molar-refractivity contribution < 1.29 is 5.11 Å². The van der Waals surface area contributed by atoms with Crippen LogP contribution >= 0.6 is 0 Å². The monoisotopic (exact) mass is 295 g/mol. The van der Waals surface area contributed by atoms with Crippen LogP contribution in [0.2, 0.25) is 0 Å². The fourth-order valence-corrected chi connectivity index (χ4v) is 2.75. The number of hydrazine groups is 1. The van der Waals surface area contributed by atoms with E-state index in [0.29, 0.717) is 17.8 Å². The third kappa shape index (κ3) is 3.70. The van der Waals surface area contributed by atoms with Gasteiger partial charge in [-0.25, -0.2) is 5.84 Å². The van der Waals surface area contributed by atoms with Crippen LogP contribution in [0.15, 0.2) is 0 Å². The van der Waals surface area contributed by atoms with Crippen molar-refractivity contribution in [2.45, 2.75) is 39.2 Å². The summed E-state index contributed by atoms with van der Waals surface area (Å²) in [5.74, 6) is 7.15. The lowest BCUT2D eigenvalue weighted by Crippen LogP contribution is -2.29. The number of aromatic nitrogens is 3. The Bertz CT molecular complexity index is 452. The van der Waals surface area contributed by atoms with Gasteiger partial charge in [0.05, 0.1) is 0 Å². The second kappa shape index (κ2) is 7.37. The van der Waals surface area contributed by atoms with E-state index in [1.165, 1.54) is 0 Å². The van der Waals surface area contributed by atoms with Crippen molar-refractivity contribution in [2.24, 2.45) is 11.8 Å². The zero-order valence-corrected chi connectivity index (χ0v) is 12.7. The maximum atomic E-state index is 9.40. The quantitative estimate of drug-likeness (QED) is 0.427. The first-order valence-corrected chi connectivity index (χ1v) is 7.56. The number of nitrogen functional groups attached to an aromatic ring is 1. The highest BCUT2D eigenvalue weighted by Crippen LogP contribution is 2.27. The maximum absolute atomic E-state index is 9.40. The lowest BCUT2D eigenvalue weighted by atomic mass is 10.1. The molecule has 8 nitrogen and oxygen atoms in total. The number of aliphatic hydroxyl groups excluding tert-OH is 1. The molecule has 0 radical (unpaired) electrons. The standard InChI is InChI=1S/C13H25N7O/c1-3-20(4-2)13-17-11(16-12(18-13)19-14)15-10-7-5-6-9(10)8-21/h9-10,21H,3-8,14H2,1-2H3,(H2,15,16,17,18,19). The van der Waals surface area contributed by atoms with Crippen LogP contribution in [0.3, 0.4) is 0 Å². The van der Waals surface area contributed by atoms with Crippen molar-refractivity contribution in [1.82, 2.24) is 15.0 Å². The van der Waals surface area contributed by atoms with Crippen LogP contribution in [0.4, 0.5) is 17.8 Å². The number of nitrogens with zero attached hydrogens (tertiary/aromatic N) is 4. The molecule has 0 bridgehead atoms. The summed E-state index contributed by atoms with van der Waals surface area (Å²) in [5.41, 5.74) is 2.48. The van der Waals surface area contributed by atoms with Crippen molar-refractivity contribution >= 4 is 17.8 Å². The van der Waals surface area contributed by atoms with Gasteiger partial charge in [-0.3, -0.25) is 5.43 Å². The Morgan fingerprint density at radius 2 is 1.90 bits per heavy atom. The number of hydrogen-bond acceptors (Lipinski definition) is 8. The van der Waals surface area contributed by atoms with Crippen LogP contribution in [-0.4, -0.2) is 45.8 Å². The van der Waals surface area contributed by atoms with Crippen molar-refractivity contribution in [2.75, 3.05) is 35.3 Å². The first kappa shape index (κ1) is 15.7. The molecule has 1 aromatic heterocycles. The molecule has 2 unspecified atom stereocenters. The molecule has 1 fully saturated rings. The van der Waals surface area contributed by atoms with E-state index < -0.39 is 0 Å². The van der Waals surface area contributed by atoms with Crippen LogP contribution in [0, 0.1) is 5.92 Å². The minimum Gasteiger partial charge on any atom is -0.396 e. The van der Waals surface area contributed by atoms with E-state index in [-0.39, 0.29) is 18.6 Å². The van der Waals surface area contributed by atoms with Crippen LogP contribution < -0.4 is 21.5 Å². The average Bonchev–Trinajstić information content (AvgIpc) is 2.95. The third-order valence-corrected chi connectivity index (χ3v) is 4.01. The van der Waals surface area contributed by atoms with Crippen LogP contribution in [0.25, 0.3) is 0 Å². The number of aliphatic hydroxyl groups is 1. The molecule has 2 atom stereocenters. The van der Waals surface area contributed by atoms with Crippen LogP contribution in [0.1, 0.15) is 33.1 Å². The zero-order chi connectivity index (χ0) is 15.2. The fraction of sp³-hybridized carbons (Fsp3) is 0.769. The number of nitrogens with one attached hydrogen (secondary N) is 2. The summed E-state index contributed by atoms with van der Waals surface area (Å²) in [4.78, 5) is 15.0. The molecule has 0 spiro atoms. The summed E-state index contributed by atoms with van der Waals surface area (Å²) in [5, 5.41) is 12.7. The molecule has 118 valence electrons. The summed E-state index contributed by atoms with van der Waals surface area (Å²) in [6, 6.07) is 0.201. The Kier molecular flexibility index (Phi) is 5.51. The minimum absolute atomic E-state index is 0.188. The van der Waals surface area contributed by atoms with Crippen LogP contribution in [0.5, 0.6) is 0 Å². The molecule has 1 saturated carbocycles. The lowest BCUT2D eigenvalue weighted by Gasteiger charge is -2.22. The van der Waals surface area contributed by atoms with Gasteiger partial charge in [-0.05, 0) is 26.7 Å². The third-order valence-electron chi connectivity index (χ3n) is 4.01. The van der Waals surface area contributed by atoms with Gasteiger partial charge in [-0.15, -0.1) is 0 Å². The van der Waals surface area contributed by atoms with E-state index in [0.717, 1.165) is 32.4 Å². The summed E-state index contributed by atoms with van der Waals surface area (Å²) in [7, 11) is 0. The van der Waals surface area contributed by atoms with Gasteiger partial charge in [-0.2, -0.15) is 15.0 Å². The SMILES string of the molecule is CCN(CC)c1nc(NN)nc(NC2CCCC2CO)n1. The molecule has 0 amide bonds. The first-order valence-electron chi connectivity index (χ1n) is 7.56. The highest BCUT2D eigenvalue weighted by Gasteiger charge is 2.27. The van der Waals surface area contributed by atoms with Gasteiger partial charge < -0.3 is 15.3 Å². The van der Waals surface area contributed by atoms with Gasteiger partial charge in [-0.1, -0.05) is 6.42 Å². The molecule has 21 heavy (non-hydrogen) atoms. The van der Waals surface area contributed by atoms with Crippen LogP contribution in [-0.2, 0) is 0 Å². The predicted molar refractivity (Wildman–Crippen MR) is 83.0 cm³/mol. The molecule has 1 heterocycles. The van der Waals surface area contributed by atoms with Gasteiger partial charge in [0.25, 0.3) is 0 Å². The van der Waals surface area contributed by atoms with Crippen molar-refractivity contribution in [3.8, 4) is 0 Å². The smallest absolute Gasteiger partial charge is 0.243 e. The summed E-state index contributed by atoms with van der Waals surface area (Å²) in [6.45, 7) is 5.91. The second-order valence-electron chi connectivity index (χ2n) is 5.22. The molecule has 0 saturated heterocycles. The normalized spacial score (nSPS) is 21.3. The molecular weight excluding hydrogens is 270 g/mol. The van der Waals surface area contributed by atoms with E-state index in [4.69, 9.17) is 5.84 Å². The number of rotatable bonds is 7. The maximum Gasteiger partial charge on any atom is 0.243 e. The summed E-state index contributed by atoms with van der Waals surface area (Å²) in [6.07, 6.45) is 3.16. The van der Waals surface area contributed by atoms with Gasteiger partial charge in [0.15, 0.2) is 0 Å². The first-order chi connectivity index (χ1) is 10.2. The Morgan fingerprint density at radius 1 is 1.19 bits per heavy atom. The molecule has 0 aromatic carbocycles. The summed E-state index contributed by atoms with van der Waals surface area (Å²) < 4.78 is 0. The second-order valence-corrected chi connectivity index (χ2v) is 5.22. The number of nitrogens with two attached hydrogens (primary N) is 1. The van der Waals surface area contributed by atoms with Crippen molar-refractivity contribution in [3.63, 3.8) is 0 Å². The Labute approximate surface area is 125 Å². The molecule has 1 aliphatic rings. The average molecular weight is 295 g/mol. The molecule has 1 aliphatic carbocycles. The van der Waals surface area contributed by atoms with Crippen molar-refractivity contribution in [1.29, 1.82) is 0 Å². The molecular formula is C13H25N7O.